The molecule has 0 spiro atoms. The topological polar surface area (TPSA) is 58.6 Å². The van der Waals surface area contributed by atoms with Gasteiger partial charge in [0.2, 0.25) is 11.8 Å². The van der Waals surface area contributed by atoms with Gasteiger partial charge >= 0.3 is 0 Å². The fourth-order valence-corrected chi connectivity index (χ4v) is 2.94. The van der Waals surface area contributed by atoms with Crippen LogP contribution in [0.4, 0.5) is 5.69 Å². The summed E-state index contributed by atoms with van der Waals surface area (Å²) >= 11 is 0. The first-order valence-corrected chi connectivity index (χ1v) is 9.07. The molecule has 144 valence electrons. The van der Waals surface area contributed by atoms with Gasteiger partial charge < -0.3 is 15.0 Å². The van der Waals surface area contributed by atoms with Crippen molar-refractivity contribution in [2.45, 2.75) is 34.1 Å². The monoisotopic (exact) mass is 368 g/mol. The van der Waals surface area contributed by atoms with Crippen LogP contribution in [0.15, 0.2) is 36.4 Å². The molecule has 5 nitrogen and oxygen atoms in total. The Kier molecular flexibility index (Phi) is 6.99. The molecule has 0 radical (unpaired) electrons. The molecule has 2 aromatic rings. The Balaban J connectivity index is 1.81. The van der Waals surface area contributed by atoms with Gasteiger partial charge in [0, 0.05) is 12.7 Å². The number of benzene rings is 2. The van der Waals surface area contributed by atoms with Gasteiger partial charge in [-0.3, -0.25) is 9.59 Å². The lowest BCUT2D eigenvalue weighted by Crippen LogP contribution is -2.35. The van der Waals surface area contributed by atoms with E-state index in [4.69, 9.17) is 4.74 Å². The van der Waals surface area contributed by atoms with E-state index in [2.05, 4.69) is 5.32 Å². The summed E-state index contributed by atoms with van der Waals surface area (Å²) in [6.45, 7) is 8.25. The second kappa shape index (κ2) is 9.21. The van der Waals surface area contributed by atoms with Crippen molar-refractivity contribution in [1.82, 2.24) is 4.90 Å². The van der Waals surface area contributed by atoms with Crippen molar-refractivity contribution >= 4 is 17.5 Å². The third-order valence-electron chi connectivity index (χ3n) is 4.35. The highest BCUT2D eigenvalue weighted by Gasteiger charge is 2.15. The molecule has 0 saturated carbocycles. The van der Waals surface area contributed by atoms with Crippen LogP contribution in [0.3, 0.4) is 0 Å². The summed E-state index contributed by atoms with van der Waals surface area (Å²) in [5.41, 5.74) is 5.16. The minimum atomic E-state index is -0.208. The summed E-state index contributed by atoms with van der Waals surface area (Å²) in [6.07, 6.45) is 0.222. The van der Waals surface area contributed by atoms with Crippen LogP contribution < -0.4 is 10.1 Å². The van der Waals surface area contributed by atoms with E-state index in [-0.39, 0.29) is 31.4 Å². The number of carbonyl (C=O) groups excluding carboxylic acids is 2. The predicted molar refractivity (Wildman–Crippen MR) is 108 cm³/mol. The molecular formula is C22H28N2O3. The lowest BCUT2D eigenvalue weighted by atomic mass is 10.1. The first kappa shape index (κ1) is 20.5. The number of carbonyl (C=O) groups is 2. The van der Waals surface area contributed by atoms with E-state index in [1.165, 1.54) is 4.90 Å². The van der Waals surface area contributed by atoms with E-state index >= 15 is 0 Å². The largest absolute Gasteiger partial charge is 0.493 e. The van der Waals surface area contributed by atoms with Gasteiger partial charge in [-0.1, -0.05) is 35.4 Å². The van der Waals surface area contributed by atoms with E-state index in [1.807, 2.05) is 64.1 Å². The minimum Gasteiger partial charge on any atom is -0.493 e. The molecule has 2 rings (SSSR count). The zero-order valence-corrected chi connectivity index (χ0v) is 16.8. The number of anilines is 1. The molecule has 0 aromatic heterocycles. The van der Waals surface area contributed by atoms with Crippen LogP contribution in [-0.4, -0.2) is 36.9 Å². The Hall–Kier alpha value is -2.82. The van der Waals surface area contributed by atoms with Gasteiger partial charge in [0.1, 0.15) is 5.75 Å². The number of hydrogen-bond acceptors (Lipinski definition) is 3. The van der Waals surface area contributed by atoms with E-state index in [1.54, 1.807) is 7.05 Å². The van der Waals surface area contributed by atoms with Gasteiger partial charge in [0.25, 0.3) is 0 Å². The highest BCUT2D eigenvalue weighted by Crippen LogP contribution is 2.21. The number of likely N-dealkylation sites (N-methyl/N-ethyl adjacent to an activating group) is 1. The number of ether oxygens (including phenoxy) is 1. The molecule has 0 saturated heterocycles. The molecule has 27 heavy (non-hydrogen) atoms. The summed E-state index contributed by atoms with van der Waals surface area (Å²) in [7, 11) is 1.63. The Labute approximate surface area is 161 Å². The number of aryl methyl sites for hydroxylation is 4. The molecule has 2 aromatic carbocycles. The average Bonchev–Trinajstić information content (AvgIpc) is 2.59. The maximum absolute atomic E-state index is 12.3. The second-order valence-corrected chi connectivity index (χ2v) is 6.98. The molecule has 0 aliphatic rings. The molecule has 0 aliphatic heterocycles. The van der Waals surface area contributed by atoms with Crippen molar-refractivity contribution in [3.63, 3.8) is 0 Å². The van der Waals surface area contributed by atoms with Crippen molar-refractivity contribution in [2.24, 2.45) is 0 Å². The molecule has 0 fully saturated rings. The molecular weight excluding hydrogens is 340 g/mol. The highest BCUT2D eigenvalue weighted by molar-refractivity contribution is 5.95. The Morgan fingerprint density at radius 3 is 2.15 bits per heavy atom. The second-order valence-electron chi connectivity index (χ2n) is 6.98. The summed E-state index contributed by atoms with van der Waals surface area (Å²) in [5, 5.41) is 2.91. The van der Waals surface area contributed by atoms with E-state index in [9.17, 15) is 9.59 Å². The normalized spacial score (nSPS) is 10.4. The molecule has 0 heterocycles. The molecule has 1 N–H and O–H groups in total. The SMILES string of the molecule is Cc1ccc(OCCC(=O)N(C)CC(=O)Nc2c(C)cc(C)cc2C)cc1. The van der Waals surface area contributed by atoms with Crippen LogP contribution in [0, 0.1) is 27.7 Å². The smallest absolute Gasteiger partial charge is 0.243 e. The fraction of sp³-hybridized carbons (Fsp3) is 0.364. The number of amides is 2. The lowest BCUT2D eigenvalue weighted by molar-refractivity contribution is -0.133. The maximum atomic E-state index is 12.3. The van der Waals surface area contributed by atoms with Crippen molar-refractivity contribution in [2.75, 3.05) is 25.5 Å². The van der Waals surface area contributed by atoms with Gasteiger partial charge in [-0.05, 0) is 51.0 Å². The summed E-state index contributed by atoms with van der Waals surface area (Å²) in [4.78, 5) is 26.0. The van der Waals surface area contributed by atoms with Crippen LogP contribution in [0.1, 0.15) is 28.7 Å². The van der Waals surface area contributed by atoms with E-state index < -0.39 is 0 Å². The molecule has 0 aliphatic carbocycles. The fourth-order valence-electron chi connectivity index (χ4n) is 2.94. The van der Waals surface area contributed by atoms with Gasteiger partial charge in [-0.15, -0.1) is 0 Å². The highest BCUT2D eigenvalue weighted by atomic mass is 16.5. The van der Waals surface area contributed by atoms with Crippen LogP contribution in [0.2, 0.25) is 0 Å². The zero-order chi connectivity index (χ0) is 20.0. The van der Waals surface area contributed by atoms with Crippen LogP contribution in [-0.2, 0) is 9.59 Å². The van der Waals surface area contributed by atoms with Crippen LogP contribution >= 0.6 is 0 Å². The van der Waals surface area contributed by atoms with Crippen molar-refractivity contribution in [3.05, 3.63) is 58.7 Å². The Morgan fingerprint density at radius 2 is 1.56 bits per heavy atom. The zero-order valence-electron chi connectivity index (χ0n) is 16.8. The predicted octanol–water partition coefficient (Wildman–Crippen LogP) is 3.79. The minimum absolute atomic E-state index is 0.0100. The molecule has 0 atom stereocenters. The van der Waals surface area contributed by atoms with E-state index in [0.29, 0.717) is 0 Å². The summed E-state index contributed by atoms with van der Waals surface area (Å²) in [5.74, 6) is 0.397. The van der Waals surface area contributed by atoms with Crippen LogP contribution in [0.5, 0.6) is 5.75 Å². The molecule has 2 amide bonds. The first-order valence-electron chi connectivity index (χ1n) is 9.07. The number of rotatable bonds is 7. The van der Waals surface area contributed by atoms with Gasteiger partial charge in [0.05, 0.1) is 19.6 Å². The van der Waals surface area contributed by atoms with Crippen molar-refractivity contribution in [1.29, 1.82) is 0 Å². The third-order valence-corrected chi connectivity index (χ3v) is 4.35. The Morgan fingerprint density at radius 1 is 0.963 bits per heavy atom. The third kappa shape index (κ3) is 6.13. The first-order chi connectivity index (χ1) is 12.8. The van der Waals surface area contributed by atoms with Crippen molar-refractivity contribution in [3.8, 4) is 5.75 Å². The van der Waals surface area contributed by atoms with Gasteiger partial charge in [-0.25, -0.2) is 0 Å². The number of nitrogens with zero attached hydrogens (tertiary/aromatic N) is 1. The maximum Gasteiger partial charge on any atom is 0.243 e. The Bertz CT molecular complexity index is 790. The standard InChI is InChI=1S/C22H28N2O3/c1-15-6-8-19(9-7-15)27-11-10-21(26)24(5)14-20(25)23-22-17(3)12-16(2)13-18(22)4/h6-9,12-13H,10-11,14H2,1-5H3,(H,23,25). The average molecular weight is 368 g/mol. The molecule has 0 bridgehead atoms. The summed E-state index contributed by atoms with van der Waals surface area (Å²) < 4.78 is 5.58. The number of nitrogens with one attached hydrogen (secondary N) is 1. The van der Waals surface area contributed by atoms with Gasteiger partial charge in [0.15, 0.2) is 0 Å². The van der Waals surface area contributed by atoms with Crippen molar-refractivity contribution < 1.29 is 14.3 Å². The molecule has 0 unspecified atom stereocenters. The number of hydrogen-bond donors (Lipinski definition) is 1. The van der Waals surface area contributed by atoms with Gasteiger partial charge in [-0.2, -0.15) is 0 Å². The summed E-state index contributed by atoms with van der Waals surface area (Å²) in [6, 6.07) is 11.7. The molecule has 5 heteroatoms. The van der Waals surface area contributed by atoms with Crippen LogP contribution in [0.25, 0.3) is 0 Å². The quantitative estimate of drug-likeness (QED) is 0.809. The van der Waals surface area contributed by atoms with E-state index in [0.717, 1.165) is 33.7 Å². The lowest BCUT2D eigenvalue weighted by Gasteiger charge is -2.18.